The van der Waals surface area contributed by atoms with Crippen molar-refractivity contribution >= 4 is 17.5 Å². The first-order valence-corrected chi connectivity index (χ1v) is 11.3. The molecule has 4 fully saturated rings. The quantitative estimate of drug-likeness (QED) is 0.578. The van der Waals surface area contributed by atoms with Gasteiger partial charge in [-0.2, -0.15) is 0 Å². The summed E-state index contributed by atoms with van der Waals surface area (Å²) in [7, 11) is 0. The van der Waals surface area contributed by atoms with Gasteiger partial charge in [-0.25, -0.2) is 0 Å². The van der Waals surface area contributed by atoms with Crippen LogP contribution in [0, 0.1) is 40.4 Å². The normalized spacial score (nSPS) is 45.2. The maximum Gasteiger partial charge on any atom is 0.310 e. The number of esters is 1. The molecule has 4 aliphatic carbocycles. The second-order valence-corrected chi connectivity index (χ2v) is 10.6. The van der Waals surface area contributed by atoms with Crippen LogP contribution in [0.3, 0.4) is 0 Å². The molecule has 4 rings (SSSR count). The number of carbonyl (C=O) groups is 3. The van der Waals surface area contributed by atoms with Crippen molar-refractivity contribution in [2.45, 2.75) is 71.8 Å². The molecule has 29 heavy (non-hydrogen) atoms. The molecule has 0 aromatic carbocycles. The first-order chi connectivity index (χ1) is 13.6. The van der Waals surface area contributed by atoms with Gasteiger partial charge in [0.15, 0.2) is 5.78 Å². The van der Waals surface area contributed by atoms with Gasteiger partial charge in [-0.1, -0.05) is 33.8 Å². The van der Waals surface area contributed by atoms with Crippen LogP contribution in [0.1, 0.15) is 65.7 Å². The molecule has 4 aliphatic rings. The lowest BCUT2D eigenvalue weighted by atomic mass is 9.43. The monoisotopic (exact) mass is 401 g/mol. The van der Waals surface area contributed by atoms with Crippen LogP contribution in [0.15, 0.2) is 12.2 Å². The molecule has 0 spiro atoms. The van der Waals surface area contributed by atoms with Crippen LogP contribution in [-0.2, 0) is 19.1 Å². The van der Waals surface area contributed by atoms with Gasteiger partial charge in [-0.15, -0.1) is 0 Å². The van der Waals surface area contributed by atoms with Crippen LogP contribution in [0.5, 0.6) is 0 Å². The summed E-state index contributed by atoms with van der Waals surface area (Å²) in [6.45, 7) is 10.5. The zero-order valence-corrected chi connectivity index (χ0v) is 18.0. The molecule has 0 amide bonds. The minimum Gasteiger partial charge on any atom is -0.462 e. The summed E-state index contributed by atoms with van der Waals surface area (Å²) in [5.41, 5.74) is 5.82. The molecular weight excluding hydrogens is 366 g/mol. The smallest absolute Gasteiger partial charge is 0.310 e. The lowest BCUT2D eigenvalue weighted by Crippen LogP contribution is -2.61. The first-order valence-electron chi connectivity index (χ1n) is 11.3. The molecule has 160 valence electrons. The zero-order chi connectivity index (χ0) is 21.1. The van der Waals surface area contributed by atoms with Crippen molar-refractivity contribution in [3.63, 3.8) is 0 Å². The number of rotatable bonds is 3. The Bertz CT molecular complexity index is 760. The second-order valence-electron chi connectivity index (χ2n) is 10.6. The van der Waals surface area contributed by atoms with E-state index in [9.17, 15) is 14.4 Å². The number of ether oxygens (including phenoxy) is 1. The van der Waals surface area contributed by atoms with Crippen molar-refractivity contribution in [2.24, 2.45) is 46.2 Å². The van der Waals surface area contributed by atoms with Crippen LogP contribution in [0.25, 0.3) is 0 Å². The molecular formula is C24H35NO4. The fourth-order valence-corrected chi connectivity index (χ4v) is 7.20. The molecule has 0 saturated heterocycles. The van der Waals surface area contributed by atoms with Crippen molar-refractivity contribution in [3.05, 3.63) is 12.2 Å². The highest BCUT2D eigenvalue weighted by Gasteiger charge is 2.64. The van der Waals surface area contributed by atoms with Gasteiger partial charge in [0.05, 0.1) is 5.92 Å². The van der Waals surface area contributed by atoms with Crippen molar-refractivity contribution in [1.82, 2.24) is 0 Å². The van der Waals surface area contributed by atoms with Gasteiger partial charge < -0.3 is 10.5 Å². The van der Waals surface area contributed by atoms with Gasteiger partial charge in [-0.05, 0) is 54.9 Å². The molecule has 0 heterocycles. The van der Waals surface area contributed by atoms with E-state index in [2.05, 4.69) is 20.4 Å². The topological polar surface area (TPSA) is 86.5 Å². The summed E-state index contributed by atoms with van der Waals surface area (Å²) in [6, 6.07) is 0. The van der Waals surface area contributed by atoms with Gasteiger partial charge >= 0.3 is 5.97 Å². The highest BCUT2D eigenvalue weighted by molar-refractivity contribution is 6.02. The molecule has 0 radical (unpaired) electrons. The molecule has 0 aromatic heterocycles. The summed E-state index contributed by atoms with van der Waals surface area (Å²) < 4.78 is 5.62. The Morgan fingerprint density at radius 1 is 1.24 bits per heavy atom. The van der Waals surface area contributed by atoms with E-state index in [-0.39, 0.29) is 53.7 Å². The summed E-state index contributed by atoms with van der Waals surface area (Å²) in [5, 5.41) is 0. The van der Waals surface area contributed by atoms with E-state index in [1.807, 2.05) is 0 Å². The fourth-order valence-electron chi connectivity index (χ4n) is 7.20. The van der Waals surface area contributed by atoms with E-state index in [1.54, 1.807) is 6.92 Å². The summed E-state index contributed by atoms with van der Waals surface area (Å²) in [5.74, 6) is -0.274. The van der Waals surface area contributed by atoms with Crippen LogP contribution in [-0.4, -0.2) is 30.2 Å². The van der Waals surface area contributed by atoms with E-state index in [4.69, 9.17) is 10.5 Å². The molecule has 2 N–H and O–H groups in total. The Morgan fingerprint density at radius 3 is 2.66 bits per heavy atom. The molecule has 0 aromatic rings. The van der Waals surface area contributed by atoms with E-state index in [0.717, 1.165) is 19.3 Å². The second kappa shape index (κ2) is 7.04. The third-order valence-electron chi connectivity index (χ3n) is 9.14. The van der Waals surface area contributed by atoms with Gasteiger partial charge in [0.25, 0.3) is 0 Å². The number of Topliss-reactive ketones (excluding diaryl/α,β-unsaturated/α-hetero) is 2. The zero-order valence-electron chi connectivity index (χ0n) is 18.0. The van der Waals surface area contributed by atoms with Gasteiger partial charge in [0, 0.05) is 30.2 Å². The molecule has 4 saturated carbocycles. The highest BCUT2D eigenvalue weighted by Crippen LogP contribution is 2.65. The van der Waals surface area contributed by atoms with E-state index < -0.39 is 17.4 Å². The lowest BCUT2D eigenvalue weighted by molar-refractivity contribution is -0.169. The summed E-state index contributed by atoms with van der Waals surface area (Å²) in [4.78, 5) is 39.2. The number of ketones is 2. The Morgan fingerprint density at radius 2 is 1.97 bits per heavy atom. The van der Waals surface area contributed by atoms with E-state index in [0.29, 0.717) is 17.9 Å². The molecule has 0 aliphatic heterocycles. The largest absolute Gasteiger partial charge is 0.462 e. The number of carbonyl (C=O) groups excluding carboxylic acids is 3. The lowest BCUT2D eigenvalue weighted by Gasteiger charge is -2.59. The summed E-state index contributed by atoms with van der Waals surface area (Å²) >= 11 is 0. The molecule has 5 nitrogen and oxygen atoms in total. The number of hydrogen-bond donors (Lipinski definition) is 1. The SMILES string of the molecule is C=C1C(=O)[C@@H]2[C@@H](CC[C@]3(C)CCC[C@@H]23)[C@@]2(C)C(=O)CC(OC(=O)C(C)CN)CC12. The molecule has 3 unspecified atom stereocenters. The van der Waals surface area contributed by atoms with Crippen molar-refractivity contribution in [3.8, 4) is 0 Å². The van der Waals surface area contributed by atoms with Crippen molar-refractivity contribution in [2.75, 3.05) is 6.54 Å². The van der Waals surface area contributed by atoms with Gasteiger partial charge in [0.1, 0.15) is 11.9 Å². The van der Waals surface area contributed by atoms with Crippen LogP contribution < -0.4 is 5.73 Å². The molecule has 8 atom stereocenters. The standard InChI is InChI=1S/C24H35NO4/c1-13(12-25)22(28)29-15-10-18-14(2)21(27)20-16-6-5-8-23(16,3)9-7-17(20)24(18,4)19(26)11-15/h13,15-18,20H,2,5-12,25H2,1,3-4H3/t13?,15?,16-,17+,18?,20-,23-,24+/m0/s1. The third-order valence-corrected chi connectivity index (χ3v) is 9.14. The Kier molecular flexibility index (Phi) is 5.04. The van der Waals surface area contributed by atoms with Gasteiger partial charge in [0.2, 0.25) is 0 Å². The average molecular weight is 402 g/mol. The molecule has 0 bridgehead atoms. The Hall–Kier alpha value is -1.49. The minimum atomic E-state index is -0.567. The summed E-state index contributed by atoms with van der Waals surface area (Å²) in [6.07, 6.45) is 5.75. The highest BCUT2D eigenvalue weighted by atomic mass is 16.5. The number of fused-ring (bicyclic) bond motifs is 5. The van der Waals surface area contributed by atoms with Crippen LogP contribution in [0.2, 0.25) is 0 Å². The van der Waals surface area contributed by atoms with E-state index in [1.165, 1.54) is 12.8 Å². The maximum absolute atomic E-state index is 13.5. The molecule has 5 heteroatoms. The fraction of sp³-hybridized carbons (Fsp3) is 0.792. The van der Waals surface area contributed by atoms with E-state index >= 15 is 0 Å². The van der Waals surface area contributed by atoms with Crippen LogP contribution in [0.4, 0.5) is 0 Å². The maximum atomic E-state index is 13.5. The Labute approximate surface area is 173 Å². The third kappa shape index (κ3) is 2.95. The van der Waals surface area contributed by atoms with Crippen molar-refractivity contribution in [1.29, 1.82) is 0 Å². The number of hydrogen-bond acceptors (Lipinski definition) is 5. The number of allylic oxidation sites excluding steroid dienone is 1. The predicted molar refractivity (Wildman–Crippen MR) is 110 cm³/mol. The van der Waals surface area contributed by atoms with Crippen LogP contribution >= 0.6 is 0 Å². The number of nitrogens with two attached hydrogens (primary N) is 1. The van der Waals surface area contributed by atoms with Crippen molar-refractivity contribution < 1.29 is 19.1 Å². The Balaban J connectivity index is 1.62. The average Bonchev–Trinajstić information content (AvgIpc) is 3.08. The van der Waals surface area contributed by atoms with Gasteiger partial charge in [-0.3, -0.25) is 14.4 Å². The minimum absolute atomic E-state index is 0.0645. The predicted octanol–water partition coefficient (Wildman–Crippen LogP) is 3.45. The first kappa shape index (κ1) is 20.8.